The molecule has 1 rings (SSSR count). The fourth-order valence-electron chi connectivity index (χ4n) is 2.24. The van der Waals surface area contributed by atoms with Crippen molar-refractivity contribution in [1.82, 2.24) is 4.98 Å². The summed E-state index contributed by atoms with van der Waals surface area (Å²) >= 11 is 1.78. The summed E-state index contributed by atoms with van der Waals surface area (Å²) in [6.45, 7) is 15.1. The number of nitrogens with zero attached hydrogens (tertiary/aromatic N) is 2. The number of thiazole rings is 1. The maximum absolute atomic E-state index is 5.92. The summed E-state index contributed by atoms with van der Waals surface area (Å²) in [5, 5.41) is 1.15. The first-order valence-electron chi connectivity index (χ1n) is 7.82. The number of anilines is 1. The van der Waals surface area contributed by atoms with E-state index in [9.17, 15) is 0 Å². The third-order valence-electron chi connectivity index (χ3n) is 3.70. The Morgan fingerprint density at radius 2 is 1.95 bits per heavy atom. The van der Waals surface area contributed by atoms with Crippen LogP contribution in [0.5, 0.6) is 0 Å². The van der Waals surface area contributed by atoms with Crippen LogP contribution in [0, 0.1) is 0 Å². The highest BCUT2D eigenvalue weighted by Gasteiger charge is 2.25. The molecule has 0 aliphatic heterocycles. The smallest absolute Gasteiger partial charge is 0.186 e. The normalized spacial score (nSPS) is 13.6. The summed E-state index contributed by atoms with van der Waals surface area (Å²) in [4.78, 5) is 8.63. The van der Waals surface area contributed by atoms with Gasteiger partial charge in [-0.2, -0.15) is 0 Å². The Morgan fingerprint density at radius 3 is 2.35 bits per heavy atom. The van der Waals surface area contributed by atoms with Gasteiger partial charge in [0.1, 0.15) is 0 Å². The van der Waals surface area contributed by atoms with Crippen LogP contribution in [0.15, 0.2) is 0 Å². The predicted octanol–water partition coefficient (Wildman–Crippen LogP) is 4.30. The van der Waals surface area contributed by atoms with Gasteiger partial charge in [0.2, 0.25) is 0 Å². The molecule has 0 radical (unpaired) electrons. The number of unbranched alkanes of at least 4 members (excludes halogenated alkanes) is 1. The van der Waals surface area contributed by atoms with Crippen LogP contribution in [-0.4, -0.2) is 17.6 Å². The summed E-state index contributed by atoms with van der Waals surface area (Å²) in [6.07, 6.45) is 3.58. The van der Waals surface area contributed by atoms with E-state index in [4.69, 9.17) is 10.7 Å². The van der Waals surface area contributed by atoms with Crippen molar-refractivity contribution in [1.29, 1.82) is 0 Å². The minimum atomic E-state index is 0.0648. The van der Waals surface area contributed by atoms with Crippen LogP contribution in [0.3, 0.4) is 0 Å². The van der Waals surface area contributed by atoms with Crippen molar-refractivity contribution in [3.63, 3.8) is 0 Å². The highest BCUT2D eigenvalue weighted by Crippen LogP contribution is 2.34. The van der Waals surface area contributed by atoms with E-state index in [0.29, 0.717) is 12.6 Å². The molecule has 1 heterocycles. The number of aromatic nitrogens is 1. The molecule has 2 N–H and O–H groups in total. The first-order chi connectivity index (χ1) is 9.35. The molecule has 0 aliphatic rings. The van der Waals surface area contributed by atoms with Gasteiger partial charge in [0.25, 0.3) is 0 Å². The Kier molecular flexibility index (Phi) is 6.46. The highest BCUT2D eigenvalue weighted by atomic mass is 32.1. The Balaban J connectivity index is 3.10. The number of hydrogen-bond acceptors (Lipinski definition) is 4. The quantitative estimate of drug-likeness (QED) is 0.815. The molecule has 0 saturated heterocycles. The third-order valence-corrected chi connectivity index (χ3v) is 4.82. The molecule has 0 spiro atoms. The van der Waals surface area contributed by atoms with Crippen molar-refractivity contribution in [3.05, 3.63) is 10.6 Å². The summed E-state index contributed by atoms with van der Waals surface area (Å²) in [5.41, 5.74) is 7.16. The van der Waals surface area contributed by atoms with Gasteiger partial charge in [0.05, 0.1) is 5.69 Å². The molecule has 20 heavy (non-hydrogen) atoms. The topological polar surface area (TPSA) is 42.2 Å². The number of rotatable bonds is 7. The fourth-order valence-corrected chi connectivity index (χ4v) is 3.52. The van der Waals surface area contributed by atoms with Crippen LogP contribution in [0.1, 0.15) is 71.4 Å². The van der Waals surface area contributed by atoms with Crippen LogP contribution in [0.2, 0.25) is 0 Å². The molecular formula is C16H31N3S. The Morgan fingerprint density at radius 1 is 1.30 bits per heavy atom. The molecule has 116 valence electrons. The van der Waals surface area contributed by atoms with Crippen LogP contribution in [0.4, 0.5) is 5.13 Å². The molecule has 4 heteroatoms. The number of hydrogen-bond donors (Lipinski definition) is 1. The first kappa shape index (κ1) is 17.4. The Labute approximate surface area is 128 Å². The van der Waals surface area contributed by atoms with E-state index in [-0.39, 0.29) is 5.41 Å². The van der Waals surface area contributed by atoms with Crippen molar-refractivity contribution in [3.8, 4) is 0 Å². The van der Waals surface area contributed by atoms with E-state index in [1.807, 2.05) is 0 Å². The molecule has 1 aromatic rings. The van der Waals surface area contributed by atoms with Gasteiger partial charge < -0.3 is 10.6 Å². The molecule has 0 bridgehead atoms. The van der Waals surface area contributed by atoms with E-state index in [0.717, 1.165) is 18.1 Å². The maximum Gasteiger partial charge on any atom is 0.186 e. The summed E-state index contributed by atoms with van der Waals surface area (Å²) in [6, 6.07) is 0.533. The molecule has 1 aromatic heterocycles. The average molecular weight is 298 g/mol. The summed E-state index contributed by atoms with van der Waals surface area (Å²) < 4.78 is 0. The lowest BCUT2D eigenvalue weighted by molar-refractivity contribution is 0.559. The Bertz CT molecular complexity index is 406. The van der Waals surface area contributed by atoms with Crippen LogP contribution < -0.4 is 10.6 Å². The first-order valence-corrected chi connectivity index (χ1v) is 8.63. The standard InChI is InChI=1S/C16H31N3S/c1-7-9-10-19(12(3)8-2)15-18-14(16(4,5)6)13(11-17)20-15/h12H,7-11,17H2,1-6H3. The van der Waals surface area contributed by atoms with Gasteiger partial charge in [-0.1, -0.05) is 41.0 Å². The minimum absolute atomic E-state index is 0.0648. The van der Waals surface area contributed by atoms with Gasteiger partial charge in [-0.25, -0.2) is 4.98 Å². The van der Waals surface area contributed by atoms with Crippen LogP contribution >= 0.6 is 11.3 Å². The van der Waals surface area contributed by atoms with E-state index >= 15 is 0 Å². The molecule has 0 saturated carbocycles. The van der Waals surface area contributed by atoms with Gasteiger partial charge in [0.15, 0.2) is 5.13 Å². The monoisotopic (exact) mass is 297 g/mol. The lowest BCUT2D eigenvalue weighted by Gasteiger charge is -2.28. The van der Waals surface area contributed by atoms with E-state index in [1.165, 1.54) is 23.4 Å². The zero-order chi connectivity index (χ0) is 15.3. The van der Waals surface area contributed by atoms with E-state index in [2.05, 4.69) is 46.4 Å². The van der Waals surface area contributed by atoms with E-state index in [1.54, 1.807) is 11.3 Å². The molecule has 0 aromatic carbocycles. The molecule has 1 unspecified atom stereocenters. The summed E-state index contributed by atoms with van der Waals surface area (Å²) in [5.74, 6) is 0. The van der Waals surface area contributed by atoms with Gasteiger partial charge >= 0.3 is 0 Å². The van der Waals surface area contributed by atoms with E-state index < -0.39 is 0 Å². The molecule has 0 amide bonds. The van der Waals surface area contributed by atoms with Gasteiger partial charge in [-0.15, -0.1) is 11.3 Å². The molecule has 0 fully saturated rings. The van der Waals surface area contributed by atoms with Crippen molar-refractivity contribution < 1.29 is 0 Å². The number of nitrogens with two attached hydrogens (primary N) is 1. The highest BCUT2D eigenvalue weighted by molar-refractivity contribution is 7.15. The zero-order valence-corrected chi connectivity index (χ0v) is 14.8. The molecular weight excluding hydrogens is 266 g/mol. The SMILES string of the molecule is CCCCN(c1nc(C(C)(C)C)c(CN)s1)C(C)CC. The summed E-state index contributed by atoms with van der Waals surface area (Å²) in [7, 11) is 0. The maximum atomic E-state index is 5.92. The molecule has 1 atom stereocenters. The molecule has 3 nitrogen and oxygen atoms in total. The predicted molar refractivity (Wildman–Crippen MR) is 90.7 cm³/mol. The van der Waals surface area contributed by atoms with Gasteiger partial charge in [-0.05, 0) is 19.8 Å². The molecule has 0 aliphatic carbocycles. The van der Waals surface area contributed by atoms with Crippen molar-refractivity contribution in [2.24, 2.45) is 5.73 Å². The third kappa shape index (κ3) is 4.19. The largest absolute Gasteiger partial charge is 0.345 e. The minimum Gasteiger partial charge on any atom is -0.345 e. The van der Waals surface area contributed by atoms with Crippen LogP contribution in [0.25, 0.3) is 0 Å². The van der Waals surface area contributed by atoms with Crippen molar-refractivity contribution in [2.45, 2.75) is 78.8 Å². The fraction of sp³-hybridized carbons (Fsp3) is 0.812. The zero-order valence-electron chi connectivity index (χ0n) is 14.0. The van der Waals surface area contributed by atoms with Crippen molar-refractivity contribution >= 4 is 16.5 Å². The lowest BCUT2D eigenvalue weighted by atomic mass is 9.91. The van der Waals surface area contributed by atoms with Gasteiger partial charge in [0, 0.05) is 29.4 Å². The average Bonchev–Trinajstić information content (AvgIpc) is 2.82. The second-order valence-electron chi connectivity index (χ2n) is 6.53. The van der Waals surface area contributed by atoms with Gasteiger partial charge in [-0.3, -0.25) is 0 Å². The Hall–Kier alpha value is -0.610. The van der Waals surface area contributed by atoms with Crippen LogP contribution in [-0.2, 0) is 12.0 Å². The lowest BCUT2D eigenvalue weighted by Crippen LogP contribution is -2.33. The van der Waals surface area contributed by atoms with Crippen molar-refractivity contribution in [2.75, 3.05) is 11.4 Å². The second-order valence-corrected chi connectivity index (χ2v) is 7.59. The second kappa shape index (κ2) is 7.41.